The molecule has 0 saturated carbocycles. The Labute approximate surface area is 593 Å². The zero-order valence-corrected chi connectivity index (χ0v) is 62.7. The lowest BCUT2D eigenvalue weighted by Gasteiger charge is -2.21. The van der Waals surface area contributed by atoms with Crippen molar-refractivity contribution in [3.05, 3.63) is 134 Å². The van der Waals surface area contributed by atoms with Gasteiger partial charge >= 0.3 is 39.5 Å². The minimum atomic E-state index is -5.01. The summed E-state index contributed by atoms with van der Waals surface area (Å²) in [4.78, 5) is 72.7. The molecule has 5 unspecified atom stereocenters. The Bertz CT molecular complexity index is 2380. The molecule has 0 radical (unpaired) electrons. The first-order valence-corrected chi connectivity index (χ1v) is 40.4. The monoisotopic (exact) mass is 1410 g/mol. The van der Waals surface area contributed by atoms with Gasteiger partial charge in [-0.2, -0.15) is 0 Å². The molecule has 0 saturated heterocycles. The summed E-state index contributed by atoms with van der Waals surface area (Å²) >= 11 is 0. The number of phosphoric ester groups is 2. The summed E-state index contributed by atoms with van der Waals surface area (Å²) in [5.41, 5.74) is 0. The molecule has 98 heavy (non-hydrogen) atoms. The third-order valence-electron chi connectivity index (χ3n) is 15.2. The van der Waals surface area contributed by atoms with Crippen LogP contribution in [-0.2, 0) is 65.4 Å². The van der Waals surface area contributed by atoms with E-state index in [4.69, 9.17) is 37.0 Å². The summed E-state index contributed by atoms with van der Waals surface area (Å²) in [5.74, 6) is -2.34. The van der Waals surface area contributed by atoms with Crippen LogP contribution < -0.4 is 0 Å². The van der Waals surface area contributed by atoms with Gasteiger partial charge in [-0.15, -0.1) is 0 Å². The zero-order valence-electron chi connectivity index (χ0n) is 60.9. The molecule has 0 bridgehead atoms. The quantitative estimate of drug-likeness (QED) is 0.0169. The Morgan fingerprint density at radius 3 is 0.878 bits per heavy atom. The summed E-state index contributed by atoms with van der Waals surface area (Å²) in [6.07, 6.45) is 77.7. The Morgan fingerprint density at radius 2 is 0.551 bits per heavy atom. The van der Waals surface area contributed by atoms with E-state index in [1.54, 1.807) is 0 Å². The van der Waals surface area contributed by atoms with Gasteiger partial charge in [-0.05, 0) is 103 Å². The lowest BCUT2D eigenvalue weighted by Crippen LogP contribution is -2.30. The SMILES string of the molecule is CC/C=C\C/C=C\C/C=C\C/C=C\C/C=C\C/C=C\CCC(=O)OCC(COP(=O)(O)OCC(O)COP(=O)(O)OCC(COC(=O)CCCCCCCCCCCCC)OC(=O)CCCCCCCCCCCCC)OC(=O)CCC/C=C\C/C=C\C/C=C\C/C=C\C/C=C\CC. The van der Waals surface area contributed by atoms with Gasteiger partial charge in [-0.1, -0.05) is 290 Å². The van der Waals surface area contributed by atoms with Crippen molar-refractivity contribution in [1.29, 1.82) is 0 Å². The zero-order chi connectivity index (χ0) is 71.8. The summed E-state index contributed by atoms with van der Waals surface area (Å²) in [5, 5.41) is 10.6. The number of aliphatic hydroxyl groups is 1. The largest absolute Gasteiger partial charge is 0.472 e. The van der Waals surface area contributed by atoms with E-state index in [2.05, 4.69) is 131 Å². The number of phosphoric acid groups is 2. The van der Waals surface area contributed by atoms with Crippen molar-refractivity contribution < 1.29 is 80.2 Å². The van der Waals surface area contributed by atoms with Gasteiger partial charge in [0, 0.05) is 25.7 Å². The molecule has 0 amide bonds. The predicted octanol–water partition coefficient (Wildman–Crippen LogP) is 21.3. The maximum atomic E-state index is 13.1. The number of esters is 4. The smallest absolute Gasteiger partial charge is 0.462 e. The van der Waals surface area contributed by atoms with Crippen LogP contribution in [0.15, 0.2) is 134 Å². The van der Waals surface area contributed by atoms with Crippen LogP contribution in [-0.4, -0.2) is 96.7 Å². The molecule has 5 atom stereocenters. The van der Waals surface area contributed by atoms with E-state index in [1.165, 1.54) is 83.5 Å². The van der Waals surface area contributed by atoms with Crippen LogP contribution in [0.4, 0.5) is 0 Å². The van der Waals surface area contributed by atoms with Crippen LogP contribution in [0.2, 0.25) is 0 Å². The van der Waals surface area contributed by atoms with Crippen LogP contribution in [0.3, 0.4) is 0 Å². The molecule has 0 aromatic rings. The first kappa shape index (κ1) is 93.2. The van der Waals surface area contributed by atoms with Gasteiger partial charge in [0.1, 0.15) is 19.3 Å². The summed E-state index contributed by atoms with van der Waals surface area (Å²) in [6.45, 7) is 4.47. The molecule has 0 rings (SSSR count). The molecule has 0 aliphatic carbocycles. The number of ether oxygens (including phenoxy) is 4. The topological polar surface area (TPSA) is 237 Å². The second-order valence-corrected chi connectivity index (χ2v) is 27.4. The summed E-state index contributed by atoms with van der Waals surface area (Å²) in [6, 6.07) is 0. The third-order valence-corrected chi connectivity index (χ3v) is 17.1. The molecular formula is C79H132O17P2. The van der Waals surface area contributed by atoms with Crippen LogP contribution in [0, 0.1) is 0 Å². The lowest BCUT2D eigenvalue weighted by atomic mass is 10.1. The number of carbonyl (C=O) groups is 4. The van der Waals surface area contributed by atoms with Crippen molar-refractivity contribution >= 4 is 39.5 Å². The van der Waals surface area contributed by atoms with Crippen molar-refractivity contribution in [2.75, 3.05) is 39.6 Å². The Kier molecular flexibility index (Phi) is 67.2. The molecule has 0 spiro atoms. The standard InChI is InChI=1S/C79H132O17P2/c1-5-9-13-17-21-25-29-31-33-35-36-38-39-41-45-48-52-56-60-64-77(82)90-70-75(96-79(84)66-62-58-54-50-46-42-40-37-34-32-30-26-22-18-14-10-6-2)72-94-98(87,88)92-68-73(80)67-91-97(85,86)93-71-74(95-78(83)65-61-57-53-49-44-28-24-20-16-12-8-4)69-89-76(81)63-59-55-51-47-43-27-23-19-15-11-7-3/h9-10,13-14,21-22,25-26,31-34,36,38,40-42,45,50,52,54,56,73-75,80H,5-8,11-12,15-20,23-24,27-30,35,37,39,43-44,46-49,51,53,55,57-72H2,1-4H3,(H,85,86)(H,87,88)/b13-9-,14-10-,25-21-,26-22-,33-31-,34-32-,38-36-,42-40-,45-41-,54-50-,56-52-. The molecule has 0 fully saturated rings. The van der Waals surface area contributed by atoms with Gasteiger partial charge in [-0.25, -0.2) is 9.13 Å². The number of hydrogen-bond donors (Lipinski definition) is 3. The van der Waals surface area contributed by atoms with E-state index in [9.17, 15) is 43.2 Å². The van der Waals surface area contributed by atoms with Gasteiger partial charge in [0.15, 0.2) is 12.2 Å². The van der Waals surface area contributed by atoms with Crippen molar-refractivity contribution in [2.24, 2.45) is 0 Å². The number of carbonyl (C=O) groups excluding carboxylic acids is 4. The Morgan fingerprint density at radius 1 is 0.296 bits per heavy atom. The molecule has 0 aliphatic heterocycles. The first-order valence-electron chi connectivity index (χ1n) is 37.4. The molecule has 19 heteroatoms. The number of rotatable bonds is 69. The van der Waals surface area contributed by atoms with E-state index in [0.29, 0.717) is 38.5 Å². The fourth-order valence-corrected chi connectivity index (χ4v) is 11.1. The highest BCUT2D eigenvalue weighted by atomic mass is 31.2. The minimum absolute atomic E-state index is 0.00239. The molecule has 17 nitrogen and oxygen atoms in total. The fourth-order valence-electron chi connectivity index (χ4n) is 9.52. The second kappa shape index (κ2) is 70.6. The Balaban J connectivity index is 5.45. The lowest BCUT2D eigenvalue weighted by molar-refractivity contribution is -0.161. The third kappa shape index (κ3) is 69.7. The number of hydrogen-bond acceptors (Lipinski definition) is 15. The van der Waals surface area contributed by atoms with Crippen LogP contribution in [0.1, 0.15) is 285 Å². The average Bonchev–Trinajstić information content (AvgIpc) is 0.979. The molecule has 3 N–H and O–H groups in total. The van der Waals surface area contributed by atoms with Gasteiger partial charge in [0.2, 0.25) is 0 Å². The second-order valence-electron chi connectivity index (χ2n) is 24.5. The van der Waals surface area contributed by atoms with Crippen LogP contribution >= 0.6 is 15.6 Å². The molecule has 0 aromatic heterocycles. The summed E-state index contributed by atoms with van der Waals surface area (Å²) in [7, 11) is -9.98. The first-order chi connectivity index (χ1) is 47.7. The maximum absolute atomic E-state index is 13.1. The van der Waals surface area contributed by atoms with Crippen molar-refractivity contribution in [1.82, 2.24) is 0 Å². The van der Waals surface area contributed by atoms with Gasteiger partial charge in [-0.3, -0.25) is 37.3 Å². The average molecular weight is 1420 g/mol. The highest BCUT2D eigenvalue weighted by molar-refractivity contribution is 7.47. The molecule has 0 aromatic carbocycles. The van der Waals surface area contributed by atoms with E-state index in [1.807, 2.05) is 30.4 Å². The highest BCUT2D eigenvalue weighted by Crippen LogP contribution is 2.45. The van der Waals surface area contributed by atoms with E-state index in [-0.39, 0.29) is 25.7 Å². The van der Waals surface area contributed by atoms with Crippen molar-refractivity contribution in [3.63, 3.8) is 0 Å². The summed E-state index contributed by atoms with van der Waals surface area (Å²) < 4.78 is 68.2. The van der Waals surface area contributed by atoms with Crippen molar-refractivity contribution in [2.45, 2.75) is 303 Å². The van der Waals surface area contributed by atoms with Crippen LogP contribution in [0.25, 0.3) is 0 Å². The number of allylic oxidation sites excluding steroid dienone is 22. The van der Waals surface area contributed by atoms with Gasteiger partial charge in [0.05, 0.1) is 26.4 Å². The molecule has 560 valence electrons. The van der Waals surface area contributed by atoms with Gasteiger partial charge < -0.3 is 33.8 Å². The number of aliphatic hydroxyl groups excluding tert-OH is 1. The maximum Gasteiger partial charge on any atom is 0.472 e. The van der Waals surface area contributed by atoms with E-state index >= 15 is 0 Å². The fraction of sp³-hybridized carbons (Fsp3) is 0.671. The molecular weight excluding hydrogens is 1280 g/mol. The normalized spacial score (nSPS) is 14.7. The van der Waals surface area contributed by atoms with E-state index in [0.717, 1.165) is 109 Å². The molecule has 0 aliphatic rings. The highest BCUT2D eigenvalue weighted by Gasteiger charge is 2.30. The predicted molar refractivity (Wildman–Crippen MR) is 399 cm³/mol. The van der Waals surface area contributed by atoms with Crippen molar-refractivity contribution in [3.8, 4) is 0 Å². The Hall–Kier alpha value is -4.80. The minimum Gasteiger partial charge on any atom is -0.462 e. The van der Waals surface area contributed by atoms with E-state index < -0.39 is 97.5 Å². The van der Waals surface area contributed by atoms with Crippen LogP contribution in [0.5, 0.6) is 0 Å². The molecule has 0 heterocycles. The number of unbranched alkanes of at least 4 members (excludes halogenated alkanes) is 21. The van der Waals surface area contributed by atoms with Gasteiger partial charge in [0.25, 0.3) is 0 Å².